The Hall–Kier alpha value is -1.36. The van der Waals surface area contributed by atoms with Gasteiger partial charge in [-0.2, -0.15) is 0 Å². The first-order valence-corrected chi connectivity index (χ1v) is 11.3. The average molecular weight is 395 g/mol. The van der Waals surface area contributed by atoms with Crippen LogP contribution in [-0.4, -0.2) is 36.4 Å². The minimum absolute atomic E-state index is 0.0576. The fourth-order valence-corrected chi connectivity index (χ4v) is 4.12. The van der Waals surface area contributed by atoms with Gasteiger partial charge in [-0.05, 0) is 44.9 Å². The van der Waals surface area contributed by atoms with Crippen molar-refractivity contribution in [1.29, 1.82) is 0 Å². The summed E-state index contributed by atoms with van der Waals surface area (Å²) >= 11 is 0. The lowest BCUT2D eigenvalue weighted by Gasteiger charge is -2.24. The maximum atomic E-state index is 11.5. The average Bonchev–Trinajstić information content (AvgIpc) is 3.31. The fourth-order valence-electron chi connectivity index (χ4n) is 4.12. The van der Waals surface area contributed by atoms with Crippen LogP contribution < -0.4 is 0 Å². The van der Waals surface area contributed by atoms with Crippen LogP contribution >= 0.6 is 0 Å². The van der Waals surface area contributed by atoms with E-state index in [4.69, 9.17) is 14.2 Å². The number of carbonyl (C=O) groups excluding carboxylic acids is 2. The first-order chi connectivity index (χ1) is 13.6. The van der Waals surface area contributed by atoms with Crippen molar-refractivity contribution < 1.29 is 23.8 Å². The highest BCUT2D eigenvalue weighted by Crippen LogP contribution is 2.32. The Labute approximate surface area is 170 Å². The van der Waals surface area contributed by atoms with Gasteiger partial charge in [-0.15, -0.1) is 0 Å². The maximum Gasteiger partial charge on any atom is 0.306 e. The first kappa shape index (κ1) is 22.9. The summed E-state index contributed by atoms with van der Waals surface area (Å²) in [7, 11) is 0. The zero-order chi connectivity index (χ0) is 20.2. The molecule has 2 heterocycles. The Morgan fingerprint density at radius 2 is 1.82 bits per heavy atom. The molecule has 0 amide bonds. The largest absolute Gasteiger partial charge is 0.460 e. The van der Waals surface area contributed by atoms with Crippen LogP contribution in [0.25, 0.3) is 0 Å². The number of allylic oxidation sites excluding steroid dienone is 2. The highest BCUT2D eigenvalue weighted by molar-refractivity contribution is 5.71. The molecule has 2 fully saturated rings. The second kappa shape index (κ2) is 13.0. The third kappa shape index (κ3) is 8.34. The summed E-state index contributed by atoms with van der Waals surface area (Å²) in [5, 5.41) is 0. The molecular formula is C23H38O5. The van der Waals surface area contributed by atoms with Gasteiger partial charge >= 0.3 is 11.9 Å². The number of esters is 2. The summed E-state index contributed by atoms with van der Waals surface area (Å²) in [6.45, 7) is 3.69. The molecule has 0 aromatic carbocycles. The summed E-state index contributed by atoms with van der Waals surface area (Å²) in [4.78, 5) is 22.8. The van der Waals surface area contributed by atoms with Gasteiger partial charge < -0.3 is 14.2 Å². The van der Waals surface area contributed by atoms with Crippen molar-refractivity contribution in [2.75, 3.05) is 0 Å². The number of cyclic esters (lactones) is 1. The first-order valence-electron chi connectivity index (χ1n) is 11.3. The maximum absolute atomic E-state index is 11.5. The van der Waals surface area contributed by atoms with Gasteiger partial charge in [0.2, 0.25) is 0 Å². The molecule has 2 aliphatic rings. The molecule has 160 valence electrons. The van der Waals surface area contributed by atoms with E-state index in [0.29, 0.717) is 6.42 Å². The SMILES string of the molecule is CCCCCCCCC=CCC[C@H](OC(C)=O)[C@@H]1CC[C@H]([C@H]2CCC(=O)O2)O1. The van der Waals surface area contributed by atoms with E-state index in [2.05, 4.69) is 19.1 Å². The molecule has 0 spiro atoms. The van der Waals surface area contributed by atoms with Crippen LogP contribution in [0.2, 0.25) is 0 Å². The van der Waals surface area contributed by atoms with Crippen molar-refractivity contribution >= 4 is 11.9 Å². The van der Waals surface area contributed by atoms with E-state index in [1.807, 2.05) is 0 Å². The van der Waals surface area contributed by atoms with Crippen LogP contribution in [0.3, 0.4) is 0 Å². The molecule has 28 heavy (non-hydrogen) atoms. The number of hydrogen-bond acceptors (Lipinski definition) is 5. The molecule has 0 radical (unpaired) electrons. The minimum Gasteiger partial charge on any atom is -0.460 e. The monoisotopic (exact) mass is 394 g/mol. The number of unbranched alkanes of at least 4 members (excludes halogenated alkanes) is 6. The molecule has 0 aromatic rings. The molecule has 0 unspecified atom stereocenters. The van der Waals surface area contributed by atoms with Gasteiger partial charge in [0, 0.05) is 13.3 Å². The quantitative estimate of drug-likeness (QED) is 0.242. The Morgan fingerprint density at radius 3 is 2.54 bits per heavy atom. The number of carbonyl (C=O) groups is 2. The van der Waals surface area contributed by atoms with Gasteiger partial charge in [-0.3, -0.25) is 9.59 Å². The van der Waals surface area contributed by atoms with Crippen LogP contribution in [0, 0.1) is 0 Å². The normalized spacial score (nSPS) is 25.9. The van der Waals surface area contributed by atoms with Crippen molar-refractivity contribution in [2.45, 2.75) is 122 Å². The summed E-state index contributed by atoms with van der Waals surface area (Å²) in [5.74, 6) is -0.399. The predicted molar refractivity (Wildman–Crippen MR) is 109 cm³/mol. The zero-order valence-corrected chi connectivity index (χ0v) is 17.7. The highest BCUT2D eigenvalue weighted by atomic mass is 16.6. The molecular weight excluding hydrogens is 356 g/mol. The van der Waals surface area contributed by atoms with Crippen LogP contribution in [0.15, 0.2) is 12.2 Å². The summed E-state index contributed by atoms with van der Waals surface area (Å²) in [6.07, 6.45) is 17.5. The Morgan fingerprint density at radius 1 is 1.07 bits per heavy atom. The van der Waals surface area contributed by atoms with E-state index < -0.39 is 0 Å². The van der Waals surface area contributed by atoms with Crippen molar-refractivity contribution in [3.05, 3.63) is 12.2 Å². The Bertz CT molecular complexity index is 501. The topological polar surface area (TPSA) is 61.8 Å². The number of ether oxygens (including phenoxy) is 3. The van der Waals surface area contributed by atoms with Crippen LogP contribution in [0.1, 0.15) is 97.3 Å². The van der Waals surface area contributed by atoms with Gasteiger partial charge in [-0.1, -0.05) is 51.2 Å². The van der Waals surface area contributed by atoms with Crippen molar-refractivity contribution in [3.63, 3.8) is 0 Å². The van der Waals surface area contributed by atoms with Gasteiger partial charge in [-0.25, -0.2) is 0 Å². The van der Waals surface area contributed by atoms with E-state index in [0.717, 1.165) is 38.5 Å². The third-order valence-electron chi connectivity index (χ3n) is 5.66. The van der Waals surface area contributed by atoms with E-state index in [1.54, 1.807) is 0 Å². The van der Waals surface area contributed by atoms with Crippen LogP contribution in [0.5, 0.6) is 0 Å². The van der Waals surface area contributed by atoms with E-state index in [-0.39, 0.29) is 36.4 Å². The van der Waals surface area contributed by atoms with Gasteiger partial charge in [0.1, 0.15) is 12.2 Å². The Kier molecular flexibility index (Phi) is 10.6. The lowest BCUT2D eigenvalue weighted by atomic mass is 10.0. The predicted octanol–water partition coefficient (Wildman–Crippen LogP) is 5.26. The molecule has 0 aliphatic carbocycles. The summed E-state index contributed by atoms with van der Waals surface area (Å²) in [6, 6.07) is 0. The lowest BCUT2D eigenvalue weighted by molar-refractivity contribution is -0.159. The Balaban J connectivity index is 1.66. The fraction of sp³-hybridized carbons (Fsp3) is 0.826. The molecule has 5 heteroatoms. The molecule has 0 saturated carbocycles. The summed E-state index contributed by atoms with van der Waals surface area (Å²) in [5.41, 5.74) is 0. The van der Waals surface area contributed by atoms with Crippen molar-refractivity contribution in [3.8, 4) is 0 Å². The summed E-state index contributed by atoms with van der Waals surface area (Å²) < 4.78 is 17.0. The molecule has 0 N–H and O–H groups in total. The second-order valence-corrected chi connectivity index (χ2v) is 8.11. The van der Waals surface area contributed by atoms with E-state index >= 15 is 0 Å². The van der Waals surface area contributed by atoms with Crippen LogP contribution in [-0.2, 0) is 23.8 Å². The zero-order valence-electron chi connectivity index (χ0n) is 17.7. The number of rotatable bonds is 13. The minimum atomic E-state index is -0.264. The standard InChI is InChI=1S/C23H38O5/c1-3-4-5-6-7-8-9-10-11-12-13-19(26-18(2)24)20-14-15-21(27-20)22-16-17-23(25)28-22/h10-11,19-22H,3-9,12-17H2,1-2H3/t19-,20-,21+,22+/m0/s1. The second-order valence-electron chi connectivity index (χ2n) is 8.11. The van der Waals surface area contributed by atoms with E-state index in [9.17, 15) is 9.59 Å². The number of hydrogen-bond donors (Lipinski definition) is 0. The van der Waals surface area contributed by atoms with Crippen molar-refractivity contribution in [1.82, 2.24) is 0 Å². The van der Waals surface area contributed by atoms with Gasteiger partial charge in [0.05, 0.1) is 12.2 Å². The lowest BCUT2D eigenvalue weighted by Crippen LogP contribution is -2.33. The highest BCUT2D eigenvalue weighted by Gasteiger charge is 2.40. The van der Waals surface area contributed by atoms with Gasteiger partial charge in [0.15, 0.2) is 0 Å². The third-order valence-corrected chi connectivity index (χ3v) is 5.66. The molecule has 0 bridgehead atoms. The van der Waals surface area contributed by atoms with Crippen LogP contribution in [0.4, 0.5) is 0 Å². The van der Waals surface area contributed by atoms with Gasteiger partial charge in [0.25, 0.3) is 0 Å². The molecule has 2 aliphatic heterocycles. The molecule has 5 nitrogen and oxygen atoms in total. The van der Waals surface area contributed by atoms with E-state index in [1.165, 1.54) is 45.4 Å². The smallest absolute Gasteiger partial charge is 0.306 e. The molecule has 2 saturated heterocycles. The van der Waals surface area contributed by atoms with Crippen molar-refractivity contribution in [2.24, 2.45) is 0 Å². The molecule has 0 aromatic heterocycles. The molecule has 2 rings (SSSR count). The molecule has 4 atom stereocenters.